The van der Waals surface area contributed by atoms with Crippen LogP contribution >= 0.6 is 11.3 Å². The number of hydrogen-bond acceptors (Lipinski definition) is 7. The molecule has 1 aliphatic heterocycles. The van der Waals surface area contributed by atoms with Gasteiger partial charge in [0.15, 0.2) is 0 Å². The Balaban J connectivity index is 1.38. The highest BCUT2D eigenvalue weighted by atomic mass is 32.2. The number of benzene rings is 2. The molecule has 0 radical (unpaired) electrons. The van der Waals surface area contributed by atoms with E-state index >= 15 is 0 Å². The standard InChI is InChI=1S/C23H23N3O5S2/c1-31-23(28)19-4-2-3-5-20(19)33(29,30)26-13-10-16(11-14-26)21(27)25-18-8-6-17(7-9-18)22-24-12-15-32-22/h2-9,12,15-16H,10-11,13-14H2,1H3,(H,25,27). The molecule has 8 nitrogen and oxygen atoms in total. The number of nitrogens with zero attached hydrogens (tertiary/aromatic N) is 2. The van der Waals surface area contributed by atoms with Gasteiger partial charge in [-0.15, -0.1) is 11.3 Å². The van der Waals surface area contributed by atoms with Gasteiger partial charge in [0.2, 0.25) is 15.9 Å². The van der Waals surface area contributed by atoms with E-state index in [2.05, 4.69) is 10.3 Å². The van der Waals surface area contributed by atoms with Crippen LogP contribution in [-0.2, 0) is 19.6 Å². The Labute approximate surface area is 196 Å². The zero-order valence-electron chi connectivity index (χ0n) is 17.9. The molecule has 0 saturated carbocycles. The largest absolute Gasteiger partial charge is 0.465 e. The number of aromatic nitrogens is 1. The van der Waals surface area contributed by atoms with Crippen molar-refractivity contribution in [3.63, 3.8) is 0 Å². The van der Waals surface area contributed by atoms with Gasteiger partial charge in [0.05, 0.1) is 17.6 Å². The molecule has 2 heterocycles. The lowest BCUT2D eigenvalue weighted by Gasteiger charge is -2.31. The lowest BCUT2D eigenvalue weighted by Crippen LogP contribution is -2.41. The van der Waals surface area contributed by atoms with Crippen LogP contribution in [0.4, 0.5) is 5.69 Å². The van der Waals surface area contributed by atoms with Gasteiger partial charge in [0, 0.05) is 41.8 Å². The maximum absolute atomic E-state index is 13.1. The zero-order chi connectivity index (χ0) is 23.4. The van der Waals surface area contributed by atoms with Crippen molar-refractivity contribution in [2.45, 2.75) is 17.7 Å². The first-order valence-electron chi connectivity index (χ1n) is 10.4. The number of carbonyl (C=O) groups is 2. The van der Waals surface area contributed by atoms with E-state index in [0.717, 1.165) is 10.6 Å². The SMILES string of the molecule is COC(=O)c1ccccc1S(=O)(=O)N1CCC(C(=O)Nc2ccc(-c3nccs3)cc2)CC1. The Hall–Kier alpha value is -3.08. The van der Waals surface area contributed by atoms with E-state index in [1.54, 1.807) is 29.7 Å². The van der Waals surface area contributed by atoms with Crippen molar-refractivity contribution in [3.05, 3.63) is 65.7 Å². The summed E-state index contributed by atoms with van der Waals surface area (Å²) >= 11 is 1.54. The molecule has 10 heteroatoms. The molecule has 1 N–H and O–H groups in total. The Morgan fingerprint density at radius 3 is 2.42 bits per heavy atom. The summed E-state index contributed by atoms with van der Waals surface area (Å²) in [6.07, 6.45) is 2.53. The predicted octanol–water partition coefficient (Wildman–Crippen LogP) is 3.64. The van der Waals surface area contributed by atoms with Crippen molar-refractivity contribution in [1.29, 1.82) is 0 Å². The Kier molecular flexibility index (Phi) is 6.87. The predicted molar refractivity (Wildman–Crippen MR) is 125 cm³/mol. The third-order valence-electron chi connectivity index (χ3n) is 5.57. The molecule has 1 fully saturated rings. The number of esters is 1. The van der Waals surface area contributed by atoms with Gasteiger partial charge in [-0.2, -0.15) is 4.31 Å². The third kappa shape index (κ3) is 4.97. The minimum absolute atomic E-state index is 0.000983. The molecule has 0 unspecified atom stereocenters. The fourth-order valence-corrected chi connectivity index (χ4v) is 6.07. The maximum atomic E-state index is 13.1. The van der Waals surface area contributed by atoms with Crippen LogP contribution in [-0.4, -0.2) is 49.8 Å². The molecule has 4 rings (SSSR count). The van der Waals surface area contributed by atoms with Gasteiger partial charge in [-0.3, -0.25) is 4.79 Å². The van der Waals surface area contributed by atoms with Crippen molar-refractivity contribution < 1.29 is 22.7 Å². The number of hydrogen-bond donors (Lipinski definition) is 1. The highest BCUT2D eigenvalue weighted by molar-refractivity contribution is 7.89. The van der Waals surface area contributed by atoms with Crippen LogP contribution in [0, 0.1) is 5.92 Å². The summed E-state index contributed by atoms with van der Waals surface area (Å²) in [4.78, 5) is 28.9. The number of piperidine rings is 1. The van der Waals surface area contributed by atoms with Gasteiger partial charge in [-0.1, -0.05) is 12.1 Å². The Morgan fingerprint density at radius 2 is 1.79 bits per heavy atom. The number of ether oxygens (including phenoxy) is 1. The molecule has 3 aromatic rings. The van der Waals surface area contributed by atoms with Gasteiger partial charge in [-0.25, -0.2) is 18.2 Å². The van der Waals surface area contributed by atoms with Crippen molar-refractivity contribution in [1.82, 2.24) is 9.29 Å². The number of carbonyl (C=O) groups excluding carboxylic acids is 2. The second-order valence-corrected chi connectivity index (χ2v) is 10.4. The van der Waals surface area contributed by atoms with Crippen LogP contribution in [0.25, 0.3) is 10.6 Å². The average Bonchev–Trinajstić information content (AvgIpc) is 3.39. The second-order valence-electron chi connectivity index (χ2n) is 7.57. The number of rotatable bonds is 6. The summed E-state index contributed by atoms with van der Waals surface area (Å²) in [5, 5.41) is 5.74. The van der Waals surface area contributed by atoms with Crippen LogP contribution in [0.3, 0.4) is 0 Å². The zero-order valence-corrected chi connectivity index (χ0v) is 19.6. The molecular weight excluding hydrogens is 462 g/mol. The lowest BCUT2D eigenvalue weighted by molar-refractivity contribution is -0.120. The molecular formula is C23H23N3O5S2. The molecule has 172 valence electrons. The van der Waals surface area contributed by atoms with Crippen LogP contribution in [0.2, 0.25) is 0 Å². The van der Waals surface area contributed by atoms with Crippen LogP contribution in [0.1, 0.15) is 23.2 Å². The van der Waals surface area contributed by atoms with Gasteiger partial charge in [0.25, 0.3) is 0 Å². The fourth-order valence-electron chi connectivity index (χ4n) is 3.77. The number of amides is 1. The van der Waals surface area contributed by atoms with E-state index in [9.17, 15) is 18.0 Å². The van der Waals surface area contributed by atoms with Gasteiger partial charge < -0.3 is 10.1 Å². The van der Waals surface area contributed by atoms with Crippen molar-refractivity contribution in [2.75, 3.05) is 25.5 Å². The van der Waals surface area contributed by atoms with Crippen molar-refractivity contribution in [2.24, 2.45) is 5.92 Å². The summed E-state index contributed by atoms with van der Waals surface area (Å²) in [7, 11) is -2.68. The van der Waals surface area contributed by atoms with E-state index in [0.29, 0.717) is 18.5 Å². The highest BCUT2D eigenvalue weighted by Gasteiger charge is 2.34. The maximum Gasteiger partial charge on any atom is 0.339 e. The lowest BCUT2D eigenvalue weighted by atomic mass is 9.97. The van der Waals surface area contributed by atoms with E-state index < -0.39 is 16.0 Å². The summed E-state index contributed by atoms with van der Waals surface area (Å²) < 4.78 is 32.3. The minimum atomic E-state index is -3.89. The molecule has 0 bridgehead atoms. The molecule has 2 aromatic carbocycles. The monoisotopic (exact) mass is 485 g/mol. The first-order chi connectivity index (χ1) is 15.9. The summed E-state index contributed by atoms with van der Waals surface area (Å²) in [5.41, 5.74) is 1.66. The Morgan fingerprint density at radius 1 is 1.09 bits per heavy atom. The number of nitrogens with one attached hydrogen (secondary N) is 1. The van der Waals surface area contributed by atoms with E-state index in [1.165, 1.54) is 23.5 Å². The molecule has 1 amide bonds. The molecule has 1 aromatic heterocycles. The third-order valence-corrected chi connectivity index (χ3v) is 8.35. The van der Waals surface area contributed by atoms with Crippen LogP contribution in [0.15, 0.2) is 65.0 Å². The highest BCUT2D eigenvalue weighted by Crippen LogP contribution is 2.28. The summed E-state index contributed by atoms with van der Waals surface area (Å²) in [5.74, 6) is -1.14. The molecule has 1 aliphatic rings. The van der Waals surface area contributed by atoms with E-state index in [-0.39, 0.29) is 35.4 Å². The fraction of sp³-hybridized carbons (Fsp3) is 0.261. The number of sulfonamides is 1. The summed E-state index contributed by atoms with van der Waals surface area (Å²) in [6, 6.07) is 13.5. The molecule has 1 saturated heterocycles. The smallest absolute Gasteiger partial charge is 0.339 e. The first-order valence-corrected chi connectivity index (χ1v) is 12.7. The van der Waals surface area contributed by atoms with Gasteiger partial charge in [-0.05, 0) is 49.2 Å². The number of anilines is 1. The number of thiazole rings is 1. The van der Waals surface area contributed by atoms with Crippen molar-refractivity contribution in [3.8, 4) is 10.6 Å². The quantitative estimate of drug-likeness (QED) is 0.535. The first kappa shape index (κ1) is 23.1. The topological polar surface area (TPSA) is 106 Å². The van der Waals surface area contributed by atoms with E-state index in [1.807, 2.05) is 29.6 Å². The molecule has 0 spiro atoms. The second kappa shape index (κ2) is 9.82. The minimum Gasteiger partial charge on any atom is -0.465 e. The van der Waals surface area contributed by atoms with Crippen LogP contribution < -0.4 is 5.32 Å². The molecule has 33 heavy (non-hydrogen) atoms. The van der Waals surface area contributed by atoms with Gasteiger partial charge >= 0.3 is 5.97 Å². The van der Waals surface area contributed by atoms with Crippen LogP contribution in [0.5, 0.6) is 0 Å². The summed E-state index contributed by atoms with van der Waals surface area (Å²) in [6.45, 7) is 0.387. The van der Waals surface area contributed by atoms with Crippen molar-refractivity contribution >= 4 is 38.9 Å². The Bertz CT molecular complexity index is 1230. The molecule has 0 aliphatic carbocycles. The normalized spacial score (nSPS) is 15.2. The average molecular weight is 486 g/mol. The molecule has 0 atom stereocenters. The number of methoxy groups -OCH3 is 1. The van der Waals surface area contributed by atoms with E-state index in [4.69, 9.17) is 4.74 Å². The van der Waals surface area contributed by atoms with Gasteiger partial charge in [0.1, 0.15) is 5.01 Å².